The van der Waals surface area contributed by atoms with Crippen LogP contribution in [0.5, 0.6) is 5.75 Å². The van der Waals surface area contributed by atoms with E-state index in [1.165, 1.54) is 17.3 Å². The minimum Gasteiger partial charge on any atom is -0.492 e. The van der Waals surface area contributed by atoms with Crippen LogP contribution in [0.1, 0.15) is 41.1 Å². The minimum atomic E-state index is -4.68. The van der Waals surface area contributed by atoms with E-state index in [0.29, 0.717) is 48.4 Å². The molecular weight excluding hydrogens is 587 g/mol. The first-order valence-corrected chi connectivity index (χ1v) is 15.7. The van der Waals surface area contributed by atoms with Crippen LogP contribution in [0, 0.1) is 6.92 Å². The van der Waals surface area contributed by atoms with Gasteiger partial charge in [-0.15, -0.1) is 0 Å². The Labute approximate surface area is 247 Å². The summed E-state index contributed by atoms with van der Waals surface area (Å²) in [5.41, 5.74) is -0.267. The van der Waals surface area contributed by atoms with Gasteiger partial charge in [0.15, 0.2) is 11.3 Å². The third-order valence-corrected chi connectivity index (χ3v) is 8.45. The largest absolute Gasteiger partial charge is 0.492 e. The monoisotopic (exact) mass is 619 g/mol. The number of rotatable bonds is 2. The molecule has 1 aliphatic heterocycles. The van der Waals surface area contributed by atoms with Crippen molar-refractivity contribution < 1.29 is 31.1 Å². The van der Waals surface area contributed by atoms with Gasteiger partial charge in [-0.1, -0.05) is 12.1 Å². The van der Waals surface area contributed by atoms with Gasteiger partial charge < -0.3 is 14.2 Å². The number of sulfonamides is 1. The lowest BCUT2D eigenvalue weighted by Crippen LogP contribution is -2.36. The number of hydrogen-bond acceptors (Lipinski definition) is 7. The number of nitrogens with zero attached hydrogens (tertiary/aromatic N) is 7. The standard InChI is InChI=1S/C28H32F3N7O4S/c1-20-17-24(28(29,30)31)38-25(33-20)19-23(34-38)27(39)36-10-3-4-13-37(43(2,40)41)15-16-42-22-8-5-7-21(18-22)26-32-9-14-35(26)11-6-12-36/h5,7-9,14,17-19H,3-4,6,10-13,15-16H2,1-2H3. The molecule has 11 nitrogen and oxygen atoms in total. The number of carbonyl (C=O) groups excluding carboxylic acids is 1. The third-order valence-electron chi connectivity index (χ3n) is 7.15. The van der Waals surface area contributed by atoms with Gasteiger partial charge in [0.05, 0.1) is 6.26 Å². The zero-order valence-corrected chi connectivity index (χ0v) is 24.6. The molecule has 0 atom stereocenters. The molecule has 0 N–H and O–H groups in total. The van der Waals surface area contributed by atoms with Crippen LogP contribution in [0.3, 0.4) is 0 Å². The molecule has 43 heavy (non-hydrogen) atoms. The van der Waals surface area contributed by atoms with Crippen molar-refractivity contribution in [2.24, 2.45) is 0 Å². The fraction of sp³-hybridized carbons (Fsp3) is 0.429. The van der Waals surface area contributed by atoms with Crippen LogP contribution in [0.15, 0.2) is 48.8 Å². The van der Waals surface area contributed by atoms with Gasteiger partial charge in [0.25, 0.3) is 5.91 Å². The van der Waals surface area contributed by atoms with Crippen LogP contribution in [0.25, 0.3) is 17.0 Å². The number of fused-ring (bicyclic) bond motifs is 5. The van der Waals surface area contributed by atoms with E-state index in [4.69, 9.17) is 4.74 Å². The van der Waals surface area contributed by atoms with Crippen LogP contribution in [-0.2, 0) is 22.7 Å². The number of aryl methyl sites for hydroxylation is 2. The number of aromatic nitrogens is 5. The summed E-state index contributed by atoms with van der Waals surface area (Å²) >= 11 is 0. The number of carbonyl (C=O) groups is 1. The maximum Gasteiger partial charge on any atom is 0.433 e. The van der Waals surface area contributed by atoms with Gasteiger partial charge in [-0.25, -0.2) is 22.9 Å². The first kappa shape index (κ1) is 30.5. The maximum atomic E-state index is 13.7. The highest BCUT2D eigenvalue weighted by Crippen LogP contribution is 2.30. The molecule has 3 aromatic heterocycles. The van der Waals surface area contributed by atoms with Crippen molar-refractivity contribution >= 4 is 21.6 Å². The summed E-state index contributed by atoms with van der Waals surface area (Å²) in [6, 6.07) is 9.52. The van der Waals surface area contributed by atoms with Crippen molar-refractivity contribution in [1.82, 2.24) is 33.4 Å². The fourth-order valence-corrected chi connectivity index (χ4v) is 5.96. The van der Waals surface area contributed by atoms with E-state index in [1.54, 1.807) is 17.2 Å². The number of hydrogen-bond donors (Lipinski definition) is 0. The number of imidazole rings is 1. The topological polar surface area (TPSA) is 115 Å². The molecule has 15 heteroatoms. The lowest BCUT2D eigenvalue weighted by molar-refractivity contribution is -0.142. The van der Waals surface area contributed by atoms with Crippen molar-refractivity contribution in [1.29, 1.82) is 0 Å². The summed E-state index contributed by atoms with van der Waals surface area (Å²) in [6.07, 6.45) is 1.42. The molecule has 1 aromatic carbocycles. The summed E-state index contributed by atoms with van der Waals surface area (Å²) in [5.74, 6) is 0.764. The van der Waals surface area contributed by atoms with Crippen molar-refractivity contribution in [3.05, 3.63) is 65.9 Å². The number of halogens is 3. The molecule has 0 saturated heterocycles. The lowest BCUT2D eigenvalue weighted by atomic mass is 10.2. The molecule has 1 aliphatic rings. The second-order valence-electron chi connectivity index (χ2n) is 10.4. The van der Waals surface area contributed by atoms with E-state index in [-0.39, 0.29) is 43.3 Å². The van der Waals surface area contributed by atoms with Gasteiger partial charge in [0.1, 0.15) is 23.9 Å². The molecule has 0 radical (unpaired) electrons. The van der Waals surface area contributed by atoms with Gasteiger partial charge in [-0.05, 0) is 44.4 Å². The van der Waals surface area contributed by atoms with Gasteiger partial charge in [0.2, 0.25) is 10.0 Å². The van der Waals surface area contributed by atoms with Crippen LogP contribution in [-0.4, -0.2) is 86.7 Å². The second-order valence-corrected chi connectivity index (χ2v) is 12.4. The molecule has 4 heterocycles. The molecule has 0 aliphatic carbocycles. The SMILES string of the molecule is Cc1cc(C(F)(F)F)n2nc(C(=O)N3CCCCN(S(C)(=O)=O)CCOc4cccc(c4)-c4nccn4CCC3)cc2n1. The molecule has 5 rings (SSSR count). The summed E-state index contributed by atoms with van der Waals surface area (Å²) in [7, 11) is -3.51. The van der Waals surface area contributed by atoms with Gasteiger partial charge in [0, 0.05) is 62.4 Å². The Kier molecular flexibility index (Phi) is 8.74. The minimum absolute atomic E-state index is 0.0718. The van der Waals surface area contributed by atoms with Crippen LogP contribution in [0.2, 0.25) is 0 Å². The Hall–Kier alpha value is -3.98. The van der Waals surface area contributed by atoms with Crippen LogP contribution in [0.4, 0.5) is 13.2 Å². The highest BCUT2D eigenvalue weighted by atomic mass is 32.2. The van der Waals surface area contributed by atoms with E-state index in [2.05, 4.69) is 15.1 Å². The summed E-state index contributed by atoms with van der Waals surface area (Å²) in [4.78, 5) is 23.8. The Morgan fingerprint density at radius 3 is 2.53 bits per heavy atom. The molecule has 0 spiro atoms. The highest BCUT2D eigenvalue weighted by molar-refractivity contribution is 7.88. The Morgan fingerprint density at radius 2 is 1.77 bits per heavy atom. The molecular formula is C28H32F3N7O4S. The predicted molar refractivity (Wildman–Crippen MR) is 152 cm³/mol. The van der Waals surface area contributed by atoms with E-state index in [0.717, 1.165) is 17.9 Å². The Bertz CT molecular complexity index is 1720. The van der Waals surface area contributed by atoms with E-state index < -0.39 is 27.8 Å². The van der Waals surface area contributed by atoms with Gasteiger partial charge in [-0.3, -0.25) is 4.79 Å². The maximum absolute atomic E-state index is 13.7. The first-order valence-electron chi connectivity index (χ1n) is 13.8. The number of amides is 1. The van der Waals surface area contributed by atoms with E-state index >= 15 is 0 Å². The normalized spacial score (nSPS) is 16.4. The molecule has 0 unspecified atom stereocenters. The van der Waals surface area contributed by atoms with Gasteiger partial charge in [-0.2, -0.15) is 22.6 Å². The zero-order chi connectivity index (χ0) is 30.8. The number of benzene rings is 1. The fourth-order valence-electron chi connectivity index (χ4n) is 5.09. The molecule has 1 amide bonds. The Balaban J connectivity index is 1.43. The second kappa shape index (κ2) is 12.3. The lowest BCUT2D eigenvalue weighted by Gasteiger charge is -2.23. The molecule has 4 aromatic rings. The highest BCUT2D eigenvalue weighted by Gasteiger charge is 2.35. The average molecular weight is 620 g/mol. The van der Waals surface area contributed by atoms with Crippen molar-refractivity contribution in [2.75, 3.05) is 39.0 Å². The molecule has 0 saturated carbocycles. The number of ether oxygens (including phenoxy) is 1. The first-order chi connectivity index (χ1) is 20.4. The van der Waals surface area contributed by atoms with Crippen LogP contribution < -0.4 is 4.74 Å². The smallest absolute Gasteiger partial charge is 0.433 e. The molecule has 230 valence electrons. The summed E-state index contributed by atoms with van der Waals surface area (Å²) in [5, 5.41) is 4.00. The summed E-state index contributed by atoms with van der Waals surface area (Å²) < 4.78 is 75.7. The van der Waals surface area contributed by atoms with E-state index in [1.807, 2.05) is 29.0 Å². The van der Waals surface area contributed by atoms with E-state index in [9.17, 15) is 26.4 Å². The molecule has 0 fully saturated rings. The predicted octanol–water partition coefficient (Wildman–Crippen LogP) is 3.89. The van der Waals surface area contributed by atoms with Crippen LogP contribution >= 0.6 is 0 Å². The summed E-state index contributed by atoms with van der Waals surface area (Å²) in [6.45, 7) is 3.05. The van der Waals surface area contributed by atoms with Crippen molar-refractivity contribution in [3.8, 4) is 17.1 Å². The quantitative estimate of drug-likeness (QED) is 0.335. The zero-order valence-electron chi connectivity index (χ0n) is 23.8. The van der Waals surface area contributed by atoms with Crippen molar-refractivity contribution in [2.45, 2.75) is 38.9 Å². The number of alkyl halides is 3. The third kappa shape index (κ3) is 7.16. The van der Waals surface area contributed by atoms with Gasteiger partial charge >= 0.3 is 6.18 Å². The van der Waals surface area contributed by atoms with Crippen molar-refractivity contribution in [3.63, 3.8) is 0 Å². The average Bonchev–Trinajstić information content (AvgIpc) is 3.58. The Morgan fingerprint density at radius 1 is 1.00 bits per heavy atom. The molecule has 2 bridgehead atoms.